The first-order valence-electron chi connectivity index (χ1n) is 4.79. The topological polar surface area (TPSA) is 104 Å². The molecule has 0 amide bonds. The molecule has 17 heavy (non-hydrogen) atoms. The quantitative estimate of drug-likeness (QED) is 0.455. The normalized spacial score (nSPS) is 13.5. The van der Waals surface area contributed by atoms with Gasteiger partial charge in [0.2, 0.25) is 0 Å². The maximum Gasteiger partial charge on any atom is 0.328 e. The van der Waals surface area contributed by atoms with E-state index in [1.807, 2.05) is 0 Å². The molecule has 0 bridgehead atoms. The fourth-order valence-electron chi connectivity index (χ4n) is 1.39. The lowest BCUT2D eigenvalue weighted by Crippen LogP contribution is -2.47. The van der Waals surface area contributed by atoms with Gasteiger partial charge >= 0.3 is 5.97 Å². The Morgan fingerprint density at radius 2 is 2.12 bits per heavy atom. The summed E-state index contributed by atoms with van der Waals surface area (Å²) >= 11 is 0. The number of aliphatic carboxylic acids is 1. The van der Waals surface area contributed by atoms with Crippen LogP contribution in [-0.4, -0.2) is 26.8 Å². The van der Waals surface area contributed by atoms with Gasteiger partial charge in [-0.15, -0.1) is 5.73 Å². The summed E-state index contributed by atoms with van der Waals surface area (Å²) in [5.41, 5.74) is 6.86. The molecule has 1 aromatic rings. The van der Waals surface area contributed by atoms with E-state index in [-0.39, 0.29) is 17.9 Å². The van der Waals surface area contributed by atoms with Gasteiger partial charge in [0.15, 0.2) is 11.5 Å². The number of phenols is 2. The molecule has 0 aliphatic carbocycles. The second kappa shape index (κ2) is 4.74. The Morgan fingerprint density at radius 1 is 1.47 bits per heavy atom. The van der Waals surface area contributed by atoms with Crippen LogP contribution in [0.4, 0.5) is 0 Å². The number of aromatic hydroxyl groups is 2. The first-order valence-corrected chi connectivity index (χ1v) is 4.79. The summed E-state index contributed by atoms with van der Waals surface area (Å²) in [6.45, 7) is 3.29. The molecule has 0 aromatic heterocycles. The number of nitrogens with two attached hydrogens (primary N) is 1. The Hall–Kier alpha value is -2.23. The first-order chi connectivity index (χ1) is 7.89. The Labute approximate surface area is 98.1 Å². The summed E-state index contributed by atoms with van der Waals surface area (Å²) < 4.78 is 0. The van der Waals surface area contributed by atoms with E-state index < -0.39 is 11.5 Å². The van der Waals surface area contributed by atoms with Crippen molar-refractivity contribution in [2.24, 2.45) is 5.73 Å². The lowest BCUT2D eigenvalue weighted by molar-refractivity contribution is -0.141. The van der Waals surface area contributed by atoms with Gasteiger partial charge in [-0.05, 0) is 23.8 Å². The molecular formula is C12H13NO4. The smallest absolute Gasteiger partial charge is 0.328 e. The zero-order valence-corrected chi connectivity index (χ0v) is 9.05. The van der Waals surface area contributed by atoms with Gasteiger partial charge in [-0.2, -0.15) is 0 Å². The lowest BCUT2D eigenvalue weighted by Gasteiger charge is -2.19. The molecule has 5 N–H and O–H groups in total. The number of rotatable bonds is 4. The van der Waals surface area contributed by atoms with Crippen molar-refractivity contribution < 1.29 is 20.1 Å². The van der Waals surface area contributed by atoms with Gasteiger partial charge in [0.05, 0.1) is 0 Å². The van der Waals surface area contributed by atoms with Crippen molar-refractivity contribution in [2.75, 3.05) is 0 Å². The molecule has 0 aliphatic rings. The van der Waals surface area contributed by atoms with Crippen LogP contribution >= 0.6 is 0 Å². The molecule has 0 fully saturated rings. The fourth-order valence-corrected chi connectivity index (χ4v) is 1.39. The molecule has 0 saturated heterocycles. The molecule has 1 atom stereocenters. The third-order valence-corrected chi connectivity index (χ3v) is 2.29. The van der Waals surface area contributed by atoms with Crippen LogP contribution < -0.4 is 5.73 Å². The van der Waals surface area contributed by atoms with Crippen molar-refractivity contribution in [2.45, 2.75) is 12.0 Å². The molecule has 0 radical (unpaired) electrons. The molecule has 5 heteroatoms. The van der Waals surface area contributed by atoms with Crippen molar-refractivity contribution in [3.05, 3.63) is 42.1 Å². The van der Waals surface area contributed by atoms with Gasteiger partial charge < -0.3 is 21.1 Å². The number of carbonyl (C=O) groups is 1. The van der Waals surface area contributed by atoms with Crippen LogP contribution in [-0.2, 0) is 11.2 Å². The van der Waals surface area contributed by atoms with Crippen molar-refractivity contribution in [1.82, 2.24) is 0 Å². The fraction of sp³-hybridized carbons (Fsp3) is 0.167. The van der Waals surface area contributed by atoms with Crippen LogP contribution in [0.2, 0.25) is 0 Å². The number of carboxylic acid groups (broad SMARTS) is 1. The maximum absolute atomic E-state index is 11.0. The van der Waals surface area contributed by atoms with Crippen LogP contribution in [0.5, 0.6) is 11.5 Å². The summed E-state index contributed by atoms with van der Waals surface area (Å²) in [5.74, 6) is -1.81. The monoisotopic (exact) mass is 235 g/mol. The van der Waals surface area contributed by atoms with E-state index in [4.69, 9.17) is 15.9 Å². The summed E-state index contributed by atoms with van der Waals surface area (Å²) in [5, 5.41) is 27.4. The zero-order chi connectivity index (χ0) is 13.1. The minimum Gasteiger partial charge on any atom is -0.504 e. The molecule has 1 rings (SSSR count). The van der Waals surface area contributed by atoms with Crippen molar-refractivity contribution in [1.29, 1.82) is 0 Å². The number of hydrogen-bond donors (Lipinski definition) is 4. The average Bonchev–Trinajstić information content (AvgIpc) is 2.23. The van der Waals surface area contributed by atoms with Crippen LogP contribution in [0, 0.1) is 0 Å². The van der Waals surface area contributed by atoms with Crippen LogP contribution in [0.25, 0.3) is 0 Å². The summed E-state index contributed by atoms with van der Waals surface area (Å²) in [4.78, 5) is 11.0. The number of hydrogen-bond acceptors (Lipinski definition) is 4. The van der Waals surface area contributed by atoms with Gasteiger partial charge in [-0.1, -0.05) is 12.6 Å². The highest BCUT2D eigenvalue weighted by Crippen LogP contribution is 2.26. The molecule has 1 aromatic carbocycles. The molecule has 1 unspecified atom stereocenters. The van der Waals surface area contributed by atoms with Crippen LogP contribution in [0.15, 0.2) is 36.6 Å². The lowest BCUT2D eigenvalue weighted by atomic mass is 9.91. The highest BCUT2D eigenvalue weighted by atomic mass is 16.4. The Balaban J connectivity index is 3.06. The largest absolute Gasteiger partial charge is 0.504 e. The number of benzene rings is 1. The minimum absolute atomic E-state index is 0.0430. The van der Waals surface area contributed by atoms with Crippen LogP contribution in [0.1, 0.15) is 5.56 Å². The molecule has 0 heterocycles. The van der Waals surface area contributed by atoms with E-state index >= 15 is 0 Å². The standard InChI is InChI=1S/C12H13NO4/c1-2-5-12(13,11(16)17)7-8-3-4-9(14)10(15)6-8/h3-6,14-15H,1,7,13H2,(H,16,17). The molecular weight excluding hydrogens is 222 g/mol. The van der Waals surface area contributed by atoms with E-state index in [0.29, 0.717) is 5.56 Å². The molecule has 0 spiro atoms. The third-order valence-electron chi connectivity index (χ3n) is 2.29. The summed E-state index contributed by atoms with van der Waals surface area (Å²) in [6, 6.07) is 4.01. The molecule has 0 saturated carbocycles. The Bertz CT molecular complexity index is 487. The SMILES string of the molecule is C=C=CC(N)(Cc1ccc(O)c(O)c1)C(=O)O. The number of phenolic OH excluding ortho intramolecular Hbond substituents is 2. The van der Waals surface area contributed by atoms with E-state index in [9.17, 15) is 9.90 Å². The van der Waals surface area contributed by atoms with E-state index in [1.165, 1.54) is 18.2 Å². The highest BCUT2D eigenvalue weighted by molar-refractivity contribution is 5.81. The summed E-state index contributed by atoms with van der Waals surface area (Å²) in [7, 11) is 0. The molecule has 5 nitrogen and oxygen atoms in total. The van der Waals surface area contributed by atoms with Crippen molar-refractivity contribution >= 4 is 5.97 Å². The molecule has 0 aliphatic heterocycles. The van der Waals surface area contributed by atoms with Gasteiger partial charge in [-0.3, -0.25) is 0 Å². The minimum atomic E-state index is -1.63. The zero-order valence-electron chi connectivity index (χ0n) is 9.05. The predicted octanol–water partition coefficient (Wildman–Crippen LogP) is 0.764. The Morgan fingerprint density at radius 3 is 2.59 bits per heavy atom. The van der Waals surface area contributed by atoms with Crippen molar-refractivity contribution in [3.63, 3.8) is 0 Å². The van der Waals surface area contributed by atoms with E-state index in [0.717, 1.165) is 6.08 Å². The number of carboxylic acids is 1. The predicted molar refractivity (Wildman–Crippen MR) is 61.7 cm³/mol. The first kappa shape index (κ1) is 12.8. The van der Waals surface area contributed by atoms with Gasteiger partial charge in [0.25, 0.3) is 0 Å². The van der Waals surface area contributed by atoms with E-state index in [2.05, 4.69) is 12.3 Å². The van der Waals surface area contributed by atoms with E-state index in [1.54, 1.807) is 0 Å². The third kappa shape index (κ3) is 2.87. The van der Waals surface area contributed by atoms with Gasteiger partial charge in [0.1, 0.15) is 5.54 Å². The van der Waals surface area contributed by atoms with Gasteiger partial charge in [0, 0.05) is 6.42 Å². The Kier molecular flexibility index (Phi) is 3.58. The van der Waals surface area contributed by atoms with Crippen LogP contribution in [0.3, 0.4) is 0 Å². The highest BCUT2D eigenvalue weighted by Gasteiger charge is 2.31. The van der Waals surface area contributed by atoms with Crippen molar-refractivity contribution in [3.8, 4) is 11.5 Å². The second-order valence-corrected chi connectivity index (χ2v) is 3.69. The molecule has 90 valence electrons. The maximum atomic E-state index is 11.0. The van der Waals surface area contributed by atoms with Gasteiger partial charge in [-0.25, -0.2) is 4.79 Å². The summed E-state index contributed by atoms with van der Waals surface area (Å²) in [6.07, 6.45) is 1.11. The second-order valence-electron chi connectivity index (χ2n) is 3.69. The average molecular weight is 235 g/mol.